The summed E-state index contributed by atoms with van der Waals surface area (Å²) >= 11 is 0. The van der Waals surface area contributed by atoms with E-state index in [9.17, 15) is 29.7 Å². The molecule has 1 amide bonds. The highest BCUT2D eigenvalue weighted by atomic mass is 16.7. The van der Waals surface area contributed by atoms with Gasteiger partial charge in [0.15, 0.2) is 11.4 Å². The number of aliphatic hydroxyl groups excluding tert-OH is 1. The number of rotatable bonds is 9. The van der Waals surface area contributed by atoms with E-state index in [1.165, 1.54) is 24.4 Å². The van der Waals surface area contributed by atoms with Crippen LogP contribution in [0.4, 0.5) is 5.69 Å². The number of hydrogen-bond donors (Lipinski definition) is 6. The zero-order valence-electron chi connectivity index (χ0n) is 42.7. The molecule has 8 N–H and O–H groups in total. The average molecular weight is 976 g/mol. The molecule has 5 aliphatic rings. The van der Waals surface area contributed by atoms with Crippen LogP contribution in [0.25, 0.3) is 10.8 Å². The Balaban J connectivity index is 1.23. The number of Topliss-reactive ketones (excluding diaryl/α,β-unsaturated/α-hetero) is 1. The van der Waals surface area contributed by atoms with Crippen molar-refractivity contribution in [1.29, 1.82) is 0 Å². The second kappa shape index (κ2) is 21.6. The number of ketones is 1. The number of aliphatic hydroxyl groups is 1. The number of carbonyl (C=O) groups excluding carboxylic acids is 3. The molecule has 16 heteroatoms. The summed E-state index contributed by atoms with van der Waals surface area (Å²) in [5, 5.41) is 40.6. The van der Waals surface area contributed by atoms with Gasteiger partial charge in [-0.3, -0.25) is 24.4 Å². The molecule has 71 heavy (non-hydrogen) atoms. The molecule has 5 heterocycles. The standard InChI is InChI=1S/C55H73N7O9/c1-31(2)28-61-24-22-55(23-25-61)59-44-41-42-48(65)37(8)51-43(41)52(67)54(9,71-51)69-26-14-17-33(4)50(70-40(63)30-62(57)29-39(56)21-20-38-18-11-10-12-19-38)36(7)47(64)35(6)27-32(3)15-13-16-34(5)53(68)58-46(49(42)66)45(44)60-55/h10-16,18-19,26,29,31-33,35-36,47,50,64-66H,17,20-25,27-28,30,56-57H2,1-9H3,(H,58,68)/b15-13+,26-14+,34-16-,39-29-/t32-,33+,35+,36+,47?,50+,54?/m0/s1. The van der Waals surface area contributed by atoms with Crippen LogP contribution in [0.3, 0.4) is 0 Å². The number of phenolic OH excluding ortho intramolecular Hbond substituents is 2. The van der Waals surface area contributed by atoms with Crippen molar-refractivity contribution in [3.05, 3.63) is 106 Å². The van der Waals surface area contributed by atoms with Gasteiger partial charge in [-0.25, -0.2) is 5.84 Å². The lowest BCUT2D eigenvalue weighted by molar-refractivity contribution is -0.159. The number of benzene rings is 3. The molecule has 16 nitrogen and oxygen atoms in total. The first-order valence-corrected chi connectivity index (χ1v) is 25.0. The van der Waals surface area contributed by atoms with Gasteiger partial charge >= 0.3 is 11.8 Å². The van der Waals surface area contributed by atoms with E-state index in [0.717, 1.165) is 12.1 Å². The number of hydrogen-bond acceptors (Lipinski definition) is 15. The van der Waals surface area contributed by atoms with Gasteiger partial charge in [-0.2, -0.15) is 0 Å². The Morgan fingerprint density at radius 3 is 2.41 bits per heavy atom. The lowest BCUT2D eigenvalue weighted by atomic mass is 9.80. The molecule has 0 saturated carbocycles. The number of allylic oxidation sites excluding steroid dienone is 5. The van der Waals surface area contributed by atoms with Crippen LogP contribution in [0.5, 0.6) is 17.2 Å². The number of ether oxygens (including phenoxy) is 3. The van der Waals surface area contributed by atoms with E-state index in [4.69, 9.17) is 35.8 Å². The molecule has 1 saturated heterocycles. The molecular weight excluding hydrogens is 903 g/mol. The number of phenols is 2. The molecule has 0 radical (unpaired) electrons. The van der Waals surface area contributed by atoms with Crippen molar-refractivity contribution >= 4 is 34.1 Å². The number of esters is 1. The van der Waals surface area contributed by atoms with E-state index in [2.05, 4.69) is 24.1 Å². The van der Waals surface area contributed by atoms with Gasteiger partial charge < -0.3 is 50.5 Å². The monoisotopic (exact) mass is 976 g/mol. The van der Waals surface area contributed by atoms with E-state index < -0.39 is 53.0 Å². The molecule has 0 aromatic heterocycles. The van der Waals surface area contributed by atoms with Crippen molar-refractivity contribution in [2.45, 2.75) is 124 Å². The average Bonchev–Trinajstić information content (AvgIpc) is 3.82. The highest BCUT2D eigenvalue weighted by Gasteiger charge is 2.50. The number of anilines is 1. The molecule has 2 unspecified atom stereocenters. The topological polar surface area (TPSA) is 235 Å². The summed E-state index contributed by atoms with van der Waals surface area (Å²) in [5.41, 5.74) is 7.51. The van der Waals surface area contributed by atoms with Gasteiger partial charge in [0, 0.05) is 73.7 Å². The van der Waals surface area contributed by atoms with Gasteiger partial charge in [0.05, 0.1) is 28.7 Å². The molecule has 3 aromatic carbocycles. The highest BCUT2D eigenvalue weighted by molar-refractivity contribution is 6.19. The Morgan fingerprint density at radius 2 is 1.72 bits per heavy atom. The predicted molar refractivity (Wildman–Crippen MR) is 272 cm³/mol. The van der Waals surface area contributed by atoms with Crippen LogP contribution in [0.2, 0.25) is 0 Å². The smallest absolute Gasteiger partial charge is 0.327 e. The van der Waals surface area contributed by atoms with Crippen LogP contribution in [-0.2, 0) is 25.5 Å². The summed E-state index contributed by atoms with van der Waals surface area (Å²) in [6, 6.07) is 9.91. The third-order valence-electron chi connectivity index (χ3n) is 14.4. The number of fused-ring (bicyclic) bond motifs is 13. The highest BCUT2D eigenvalue weighted by Crippen LogP contribution is 2.50. The fourth-order valence-electron chi connectivity index (χ4n) is 10.4. The zero-order valence-corrected chi connectivity index (χ0v) is 42.7. The lowest BCUT2D eigenvalue weighted by Gasteiger charge is -2.36. The first kappa shape index (κ1) is 52.6. The van der Waals surface area contributed by atoms with Crippen LogP contribution < -0.4 is 32.3 Å². The van der Waals surface area contributed by atoms with Crippen LogP contribution >= 0.6 is 0 Å². The van der Waals surface area contributed by atoms with Gasteiger partial charge in [0.1, 0.15) is 35.2 Å². The van der Waals surface area contributed by atoms with Gasteiger partial charge in [-0.05, 0) is 74.8 Å². The van der Waals surface area contributed by atoms with E-state index in [0.29, 0.717) is 68.8 Å². The van der Waals surface area contributed by atoms with Crippen molar-refractivity contribution < 1.29 is 43.9 Å². The number of aromatic hydroxyl groups is 2. The Labute approximate surface area is 416 Å². The number of piperidine rings is 1. The normalized spacial score (nSPS) is 27.8. The molecule has 0 aliphatic carbocycles. The quantitative estimate of drug-likeness (QED) is 0.0565. The van der Waals surface area contributed by atoms with Gasteiger partial charge in [0.2, 0.25) is 0 Å². The maximum absolute atomic E-state index is 14.8. The third-order valence-corrected chi connectivity index (χ3v) is 14.4. The summed E-state index contributed by atoms with van der Waals surface area (Å²) in [5.74, 6) is 1.22. The summed E-state index contributed by atoms with van der Waals surface area (Å²) in [6.07, 6.45) is 11.6. The van der Waals surface area contributed by atoms with E-state index in [-0.39, 0.29) is 74.1 Å². The third kappa shape index (κ3) is 11.5. The largest absolute Gasteiger partial charge is 0.507 e. The molecule has 7 atom stereocenters. The number of nitrogens with two attached hydrogens (primary N) is 2. The molecule has 8 rings (SSSR count). The number of hydrazine groups is 1. The van der Waals surface area contributed by atoms with Gasteiger partial charge in [0.25, 0.3) is 11.7 Å². The van der Waals surface area contributed by atoms with Gasteiger partial charge in [-0.15, -0.1) is 0 Å². The maximum Gasteiger partial charge on any atom is 0.327 e. The molecular formula is C55H73N7O9. The number of likely N-dealkylation sites (tertiary alicyclic amines) is 1. The Bertz CT molecular complexity index is 2760. The lowest BCUT2D eigenvalue weighted by Crippen LogP contribution is -2.43. The van der Waals surface area contributed by atoms with Crippen molar-refractivity contribution in [3.63, 3.8) is 0 Å². The minimum absolute atomic E-state index is 0.0169. The van der Waals surface area contributed by atoms with E-state index >= 15 is 0 Å². The molecule has 1 spiro atoms. The number of nitrogens with zero attached hydrogens (tertiary/aromatic N) is 4. The molecule has 1 fully saturated rings. The number of carbonyl (C=O) groups is 3. The number of amides is 1. The molecule has 3 aromatic rings. The van der Waals surface area contributed by atoms with Crippen LogP contribution in [0, 0.1) is 36.5 Å². The van der Waals surface area contributed by atoms with Crippen LogP contribution in [0.15, 0.2) is 88.4 Å². The summed E-state index contributed by atoms with van der Waals surface area (Å²) in [7, 11) is 0. The fourth-order valence-corrected chi connectivity index (χ4v) is 10.4. The first-order valence-electron chi connectivity index (χ1n) is 25.0. The first-order chi connectivity index (χ1) is 33.6. The predicted octanol–water partition coefficient (Wildman–Crippen LogP) is 6.74. The number of nitrogens with one attached hydrogen (secondary N) is 1. The van der Waals surface area contributed by atoms with Crippen molar-refractivity contribution in [3.8, 4) is 17.2 Å². The second-order valence-electron chi connectivity index (χ2n) is 20.9. The minimum atomic E-state index is -1.91. The Morgan fingerprint density at radius 1 is 1.03 bits per heavy atom. The van der Waals surface area contributed by atoms with Crippen LogP contribution in [-0.4, -0.2) is 92.7 Å². The van der Waals surface area contributed by atoms with Crippen molar-refractivity contribution in [2.75, 3.05) is 31.5 Å². The molecule has 382 valence electrons. The Kier molecular flexibility index (Phi) is 16.0. The van der Waals surface area contributed by atoms with Crippen molar-refractivity contribution in [1.82, 2.24) is 9.91 Å². The molecule has 5 aliphatic heterocycles. The number of aryl methyl sites for hydroxylation is 1. The van der Waals surface area contributed by atoms with E-state index in [1.807, 2.05) is 64.1 Å². The van der Waals surface area contributed by atoms with Crippen molar-refractivity contribution in [2.24, 2.45) is 51.2 Å². The van der Waals surface area contributed by atoms with Gasteiger partial charge in [-0.1, -0.05) is 90.1 Å². The summed E-state index contributed by atoms with van der Waals surface area (Å²) < 4.78 is 18.7. The van der Waals surface area contributed by atoms with Crippen LogP contribution in [0.1, 0.15) is 109 Å². The second-order valence-corrected chi connectivity index (χ2v) is 20.9. The molecule has 5 bridgehead atoms. The maximum atomic E-state index is 14.8. The Hall–Kier alpha value is -6.23. The van der Waals surface area contributed by atoms with E-state index in [1.54, 1.807) is 32.1 Å². The fraction of sp³-hybridized carbons (Fsp3) is 0.509. The summed E-state index contributed by atoms with van der Waals surface area (Å²) in [6.45, 7) is 18.8. The summed E-state index contributed by atoms with van der Waals surface area (Å²) in [4.78, 5) is 55.2. The SMILES string of the molecule is C/C1=C/C=C/[C@H](C)C[C@@H](C)C(O)[C@@H](C)[C@H](OC(=O)CN(N)/C=C(\N)CCc2ccccc2)[C@H](C)C/C=C/OC2(C)Oc3c(C)c(O)c4c(O)c(c5c(c4c3C2=O)=NC2(CCN(CC(C)C)CC2)N=5)NC1=O. The zero-order chi connectivity index (χ0) is 51.5. The minimum Gasteiger partial charge on any atom is -0.507 e.